The van der Waals surface area contributed by atoms with Gasteiger partial charge in [-0.1, -0.05) is 18.2 Å². The van der Waals surface area contributed by atoms with Crippen LogP contribution in [-0.2, 0) is 4.79 Å². The minimum Gasteiger partial charge on any atom is -0.504 e. The third kappa shape index (κ3) is 4.84. The average Bonchev–Trinajstić information content (AvgIpc) is 2.60. The average molecular weight is 342 g/mol. The predicted octanol–water partition coefficient (Wildman–Crippen LogP) is 3.15. The highest BCUT2D eigenvalue weighted by atomic mass is 16.5. The van der Waals surface area contributed by atoms with Gasteiger partial charge in [0, 0.05) is 5.56 Å². The van der Waals surface area contributed by atoms with Crippen LogP contribution in [0, 0.1) is 0 Å². The van der Waals surface area contributed by atoms with E-state index in [1.54, 1.807) is 30.3 Å². The first-order chi connectivity index (χ1) is 11.9. The molecule has 0 spiro atoms. The number of hydrogen-bond acceptors (Lipinski definition) is 5. The van der Waals surface area contributed by atoms with Crippen LogP contribution in [0.3, 0.4) is 0 Å². The Balaban J connectivity index is 2.13. The number of aliphatic carboxylic acids is 1. The van der Waals surface area contributed by atoms with Gasteiger partial charge in [0.05, 0.1) is 7.11 Å². The van der Waals surface area contributed by atoms with Crippen LogP contribution in [0.15, 0.2) is 48.5 Å². The van der Waals surface area contributed by atoms with Crippen LogP contribution in [0.25, 0.3) is 6.08 Å². The van der Waals surface area contributed by atoms with Gasteiger partial charge in [0.1, 0.15) is 5.75 Å². The lowest BCUT2D eigenvalue weighted by molar-refractivity contribution is -0.144. The van der Waals surface area contributed by atoms with Crippen LogP contribution < -0.4 is 9.47 Å². The van der Waals surface area contributed by atoms with Crippen LogP contribution in [0.4, 0.5) is 0 Å². The maximum atomic E-state index is 12.2. The Morgan fingerprint density at radius 1 is 1.16 bits per heavy atom. The van der Waals surface area contributed by atoms with Crippen LogP contribution in [0.1, 0.15) is 22.8 Å². The van der Waals surface area contributed by atoms with E-state index in [4.69, 9.17) is 14.6 Å². The fraction of sp³-hybridized carbons (Fsp3) is 0.158. The molecule has 2 aromatic rings. The molecule has 1 unspecified atom stereocenters. The zero-order valence-corrected chi connectivity index (χ0v) is 13.8. The lowest BCUT2D eigenvalue weighted by Gasteiger charge is -2.10. The summed E-state index contributed by atoms with van der Waals surface area (Å²) in [6, 6.07) is 11.1. The predicted molar refractivity (Wildman–Crippen MR) is 92.2 cm³/mol. The van der Waals surface area contributed by atoms with Crippen molar-refractivity contribution in [3.8, 4) is 17.2 Å². The summed E-state index contributed by atoms with van der Waals surface area (Å²) in [6.45, 7) is 1.44. The Morgan fingerprint density at radius 3 is 2.60 bits per heavy atom. The molecule has 0 radical (unpaired) electrons. The zero-order chi connectivity index (χ0) is 18.4. The number of carbonyl (C=O) groups excluding carboxylic acids is 1. The minimum atomic E-state index is -1.06. The second-order valence-electron chi connectivity index (χ2n) is 5.26. The van der Waals surface area contributed by atoms with Crippen molar-refractivity contribution in [1.82, 2.24) is 0 Å². The van der Waals surface area contributed by atoms with E-state index in [1.165, 1.54) is 38.3 Å². The highest BCUT2D eigenvalue weighted by Gasteiger charge is 2.12. The number of carbonyl (C=O) groups is 2. The zero-order valence-electron chi connectivity index (χ0n) is 13.8. The molecule has 6 nitrogen and oxygen atoms in total. The number of ketones is 1. The Labute approximate surface area is 144 Å². The maximum absolute atomic E-state index is 12.2. The highest BCUT2D eigenvalue weighted by molar-refractivity contribution is 6.07. The summed E-state index contributed by atoms with van der Waals surface area (Å²) >= 11 is 0. The summed E-state index contributed by atoms with van der Waals surface area (Å²) in [7, 11) is 1.41. The van der Waals surface area contributed by atoms with E-state index < -0.39 is 12.1 Å². The molecule has 2 rings (SSSR count). The van der Waals surface area contributed by atoms with Gasteiger partial charge in [0.25, 0.3) is 0 Å². The third-order valence-electron chi connectivity index (χ3n) is 3.41. The van der Waals surface area contributed by atoms with Crippen LogP contribution in [0.2, 0.25) is 0 Å². The SMILES string of the molecule is COc1cc(C(=O)/C=C/c2cccc(OC(C)C(=O)O)c2)ccc1O. The van der Waals surface area contributed by atoms with Gasteiger partial charge in [-0.25, -0.2) is 4.79 Å². The van der Waals surface area contributed by atoms with E-state index in [1.807, 2.05) is 0 Å². The maximum Gasteiger partial charge on any atom is 0.344 e. The first-order valence-electron chi connectivity index (χ1n) is 7.49. The first-order valence-corrected chi connectivity index (χ1v) is 7.49. The smallest absolute Gasteiger partial charge is 0.344 e. The van der Waals surface area contributed by atoms with Crippen molar-refractivity contribution in [2.24, 2.45) is 0 Å². The minimum absolute atomic E-state index is 0.0413. The Morgan fingerprint density at radius 2 is 1.92 bits per heavy atom. The lowest BCUT2D eigenvalue weighted by atomic mass is 10.1. The molecule has 0 heterocycles. The van der Waals surface area contributed by atoms with Gasteiger partial charge in [-0.05, 0) is 48.9 Å². The molecule has 0 saturated heterocycles. The lowest BCUT2D eigenvalue weighted by Crippen LogP contribution is -2.22. The Kier molecular flexibility index (Phi) is 5.79. The van der Waals surface area contributed by atoms with Gasteiger partial charge in [0.15, 0.2) is 23.4 Å². The number of ether oxygens (including phenoxy) is 2. The second kappa shape index (κ2) is 8.01. The number of phenolic OH excluding ortho intramolecular Hbond substituents is 1. The number of phenols is 1. The van der Waals surface area contributed by atoms with E-state index >= 15 is 0 Å². The van der Waals surface area contributed by atoms with Crippen LogP contribution >= 0.6 is 0 Å². The Bertz CT molecular complexity index is 809. The van der Waals surface area contributed by atoms with Gasteiger partial charge in [-0.15, -0.1) is 0 Å². The van der Waals surface area contributed by atoms with Gasteiger partial charge >= 0.3 is 5.97 Å². The van der Waals surface area contributed by atoms with Gasteiger partial charge in [-0.2, -0.15) is 0 Å². The van der Waals surface area contributed by atoms with Crippen molar-refractivity contribution in [3.05, 3.63) is 59.7 Å². The van der Waals surface area contributed by atoms with Crippen molar-refractivity contribution in [2.45, 2.75) is 13.0 Å². The summed E-state index contributed by atoms with van der Waals surface area (Å²) in [6.07, 6.45) is 2.01. The quantitative estimate of drug-likeness (QED) is 0.593. The highest BCUT2D eigenvalue weighted by Crippen LogP contribution is 2.26. The summed E-state index contributed by atoms with van der Waals surface area (Å²) < 4.78 is 10.3. The van der Waals surface area contributed by atoms with Crippen LogP contribution in [0.5, 0.6) is 17.2 Å². The molecular weight excluding hydrogens is 324 g/mol. The fourth-order valence-corrected chi connectivity index (χ4v) is 2.05. The molecule has 0 aliphatic rings. The molecule has 130 valence electrons. The molecule has 0 bridgehead atoms. The molecule has 0 aliphatic carbocycles. The number of aromatic hydroxyl groups is 1. The second-order valence-corrected chi connectivity index (χ2v) is 5.26. The summed E-state index contributed by atoms with van der Waals surface area (Å²) in [5.74, 6) is -0.741. The number of carboxylic acid groups (broad SMARTS) is 1. The molecule has 25 heavy (non-hydrogen) atoms. The normalized spacial score (nSPS) is 11.9. The molecule has 0 amide bonds. The van der Waals surface area contributed by atoms with Gasteiger partial charge < -0.3 is 19.7 Å². The number of rotatable bonds is 7. The number of hydrogen-bond donors (Lipinski definition) is 2. The molecular formula is C19H18O6. The van der Waals surface area contributed by atoms with E-state index in [0.29, 0.717) is 16.9 Å². The standard InChI is InChI=1S/C19H18O6/c1-12(19(22)23)25-15-5-3-4-13(10-15)6-8-16(20)14-7-9-17(21)18(11-14)24-2/h3-12,21H,1-2H3,(H,22,23)/b8-6+. The van der Waals surface area contributed by atoms with Gasteiger partial charge in [0.2, 0.25) is 0 Å². The number of benzene rings is 2. The van der Waals surface area contributed by atoms with Gasteiger partial charge in [-0.3, -0.25) is 4.79 Å². The monoisotopic (exact) mass is 342 g/mol. The summed E-state index contributed by atoms with van der Waals surface area (Å²) in [4.78, 5) is 23.0. The molecule has 2 aromatic carbocycles. The van der Waals surface area contributed by atoms with E-state index in [-0.39, 0.29) is 17.3 Å². The first kappa shape index (κ1) is 18.1. The number of allylic oxidation sites excluding steroid dienone is 1. The van der Waals surface area contributed by atoms with Crippen molar-refractivity contribution in [3.63, 3.8) is 0 Å². The number of carboxylic acids is 1. The van der Waals surface area contributed by atoms with E-state index in [2.05, 4.69) is 0 Å². The fourth-order valence-electron chi connectivity index (χ4n) is 2.05. The van der Waals surface area contributed by atoms with Crippen molar-refractivity contribution in [1.29, 1.82) is 0 Å². The van der Waals surface area contributed by atoms with Crippen molar-refractivity contribution >= 4 is 17.8 Å². The largest absolute Gasteiger partial charge is 0.504 e. The topological polar surface area (TPSA) is 93.1 Å². The van der Waals surface area contributed by atoms with Crippen molar-refractivity contribution in [2.75, 3.05) is 7.11 Å². The molecule has 1 atom stereocenters. The summed E-state index contributed by atoms with van der Waals surface area (Å²) in [5, 5.41) is 18.4. The van der Waals surface area contributed by atoms with E-state index in [9.17, 15) is 14.7 Å². The van der Waals surface area contributed by atoms with E-state index in [0.717, 1.165) is 0 Å². The molecule has 0 saturated carbocycles. The van der Waals surface area contributed by atoms with Crippen LogP contribution in [-0.4, -0.2) is 35.2 Å². The molecule has 0 aliphatic heterocycles. The molecule has 6 heteroatoms. The molecule has 0 aromatic heterocycles. The Hall–Kier alpha value is -3.28. The molecule has 0 fully saturated rings. The number of methoxy groups -OCH3 is 1. The third-order valence-corrected chi connectivity index (χ3v) is 3.41. The molecule has 2 N–H and O–H groups in total. The van der Waals surface area contributed by atoms with Crippen molar-refractivity contribution < 1.29 is 29.3 Å². The summed E-state index contributed by atoms with van der Waals surface area (Å²) in [5.41, 5.74) is 1.06.